The van der Waals surface area contributed by atoms with Gasteiger partial charge >= 0.3 is 6.03 Å². The Balaban J connectivity index is 1.51. The molecule has 29 heavy (non-hydrogen) atoms. The molecule has 0 unspecified atom stereocenters. The molecule has 0 saturated carbocycles. The van der Waals surface area contributed by atoms with Crippen LogP contribution in [0.5, 0.6) is 0 Å². The smallest absolute Gasteiger partial charge is 0.319 e. The molecule has 0 aliphatic heterocycles. The number of urea groups is 1. The fourth-order valence-corrected chi connectivity index (χ4v) is 2.54. The standard InChI is InChI=1S/C21H18F2N4O2/c22-18-2-1-3-19(23)17(18)13-25-20(28)15-4-6-16(7-5-15)27-21(29)26-12-14-8-10-24-11-9-14/h1-11H,12-13H2,(H,25,28)(H2,26,27,29). The quantitative estimate of drug-likeness (QED) is 0.595. The number of carbonyl (C=O) groups is 2. The Kier molecular flexibility index (Phi) is 6.47. The summed E-state index contributed by atoms with van der Waals surface area (Å²) in [5, 5.41) is 7.83. The van der Waals surface area contributed by atoms with Crippen molar-refractivity contribution >= 4 is 17.6 Å². The maximum absolute atomic E-state index is 13.6. The average Bonchev–Trinajstić information content (AvgIpc) is 2.73. The minimum atomic E-state index is -0.720. The zero-order valence-electron chi connectivity index (χ0n) is 15.3. The molecule has 8 heteroatoms. The Morgan fingerprint density at radius 2 is 1.48 bits per heavy atom. The van der Waals surface area contributed by atoms with Gasteiger partial charge in [-0.1, -0.05) is 6.07 Å². The van der Waals surface area contributed by atoms with E-state index in [1.165, 1.54) is 18.2 Å². The van der Waals surface area contributed by atoms with Gasteiger partial charge in [0, 0.05) is 42.3 Å². The highest BCUT2D eigenvalue weighted by atomic mass is 19.1. The Labute approximate surface area is 166 Å². The van der Waals surface area contributed by atoms with Gasteiger partial charge in [0.2, 0.25) is 0 Å². The second kappa shape index (κ2) is 9.41. The maximum atomic E-state index is 13.6. The third-order valence-electron chi connectivity index (χ3n) is 4.09. The van der Waals surface area contributed by atoms with E-state index in [4.69, 9.17) is 0 Å². The number of halogens is 2. The zero-order valence-corrected chi connectivity index (χ0v) is 15.3. The van der Waals surface area contributed by atoms with Crippen molar-refractivity contribution in [3.8, 4) is 0 Å². The van der Waals surface area contributed by atoms with Crippen LogP contribution in [0.2, 0.25) is 0 Å². The number of nitrogens with zero attached hydrogens (tertiary/aromatic N) is 1. The van der Waals surface area contributed by atoms with Gasteiger partial charge in [-0.2, -0.15) is 0 Å². The van der Waals surface area contributed by atoms with E-state index in [1.807, 2.05) is 0 Å². The fourth-order valence-electron chi connectivity index (χ4n) is 2.54. The molecule has 1 aromatic heterocycles. The van der Waals surface area contributed by atoms with Crippen molar-refractivity contribution in [2.75, 3.05) is 5.32 Å². The molecule has 0 spiro atoms. The predicted molar refractivity (Wildman–Crippen MR) is 104 cm³/mol. The summed E-state index contributed by atoms with van der Waals surface area (Å²) < 4.78 is 27.2. The molecule has 0 atom stereocenters. The number of anilines is 1. The van der Waals surface area contributed by atoms with Crippen LogP contribution in [0.4, 0.5) is 19.3 Å². The Morgan fingerprint density at radius 1 is 0.828 bits per heavy atom. The first kappa shape index (κ1) is 19.9. The van der Waals surface area contributed by atoms with E-state index in [2.05, 4.69) is 20.9 Å². The highest BCUT2D eigenvalue weighted by Gasteiger charge is 2.11. The van der Waals surface area contributed by atoms with Crippen molar-refractivity contribution in [1.82, 2.24) is 15.6 Å². The van der Waals surface area contributed by atoms with Crippen molar-refractivity contribution in [2.45, 2.75) is 13.1 Å². The second-order valence-corrected chi connectivity index (χ2v) is 6.12. The molecule has 148 valence electrons. The first-order valence-corrected chi connectivity index (χ1v) is 8.78. The number of hydrogen-bond donors (Lipinski definition) is 3. The lowest BCUT2D eigenvalue weighted by atomic mass is 10.1. The summed E-state index contributed by atoms with van der Waals surface area (Å²) in [6.45, 7) is 0.0796. The van der Waals surface area contributed by atoms with E-state index in [0.717, 1.165) is 17.7 Å². The van der Waals surface area contributed by atoms with Gasteiger partial charge in [0.1, 0.15) is 11.6 Å². The minimum absolute atomic E-state index is 0.204. The monoisotopic (exact) mass is 396 g/mol. The SMILES string of the molecule is O=C(NCc1ccncc1)Nc1ccc(C(=O)NCc2c(F)cccc2F)cc1. The Hall–Kier alpha value is -3.81. The molecule has 0 aliphatic carbocycles. The van der Waals surface area contributed by atoms with E-state index in [9.17, 15) is 18.4 Å². The molecule has 2 aromatic carbocycles. The number of hydrogen-bond acceptors (Lipinski definition) is 3. The third-order valence-corrected chi connectivity index (χ3v) is 4.09. The molecule has 0 radical (unpaired) electrons. The second-order valence-electron chi connectivity index (χ2n) is 6.12. The van der Waals surface area contributed by atoms with Gasteiger partial charge in [-0.3, -0.25) is 9.78 Å². The molecule has 6 nitrogen and oxygen atoms in total. The van der Waals surface area contributed by atoms with Crippen LogP contribution in [0, 0.1) is 11.6 Å². The highest BCUT2D eigenvalue weighted by molar-refractivity contribution is 5.95. The number of benzene rings is 2. The number of aromatic nitrogens is 1. The first-order chi connectivity index (χ1) is 14.0. The van der Waals surface area contributed by atoms with E-state index in [1.54, 1.807) is 36.7 Å². The molecule has 0 fully saturated rings. The molecule has 3 amide bonds. The number of nitrogens with one attached hydrogen (secondary N) is 3. The van der Waals surface area contributed by atoms with Gasteiger partial charge in [0.05, 0.1) is 0 Å². The summed E-state index contributed by atoms with van der Waals surface area (Å²) in [4.78, 5) is 28.0. The maximum Gasteiger partial charge on any atom is 0.319 e. The van der Waals surface area contributed by atoms with Crippen LogP contribution >= 0.6 is 0 Å². The number of carbonyl (C=O) groups excluding carboxylic acids is 2. The lowest BCUT2D eigenvalue weighted by Gasteiger charge is -2.09. The van der Waals surface area contributed by atoms with Gasteiger partial charge in [-0.15, -0.1) is 0 Å². The summed E-state index contributed by atoms with van der Waals surface area (Å²) in [5.74, 6) is -1.92. The highest BCUT2D eigenvalue weighted by Crippen LogP contribution is 2.13. The number of amides is 3. The molecule has 0 bridgehead atoms. The lowest BCUT2D eigenvalue weighted by molar-refractivity contribution is 0.0950. The van der Waals surface area contributed by atoms with Crippen molar-refractivity contribution < 1.29 is 18.4 Å². The molecular weight excluding hydrogens is 378 g/mol. The van der Waals surface area contributed by atoms with Gasteiger partial charge in [0.25, 0.3) is 5.91 Å². The molecule has 0 aliphatic rings. The summed E-state index contributed by atoms with van der Waals surface area (Å²) in [7, 11) is 0. The zero-order chi connectivity index (χ0) is 20.6. The van der Waals surface area contributed by atoms with E-state index < -0.39 is 23.6 Å². The van der Waals surface area contributed by atoms with Crippen LogP contribution in [-0.4, -0.2) is 16.9 Å². The molecule has 0 saturated heterocycles. The molecule has 3 aromatic rings. The fraction of sp³-hybridized carbons (Fsp3) is 0.0952. The number of rotatable bonds is 6. The third kappa shape index (κ3) is 5.58. The van der Waals surface area contributed by atoms with E-state index in [-0.39, 0.29) is 12.1 Å². The van der Waals surface area contributed by atoms with Crippen molar-refractivity contribution in [2.24, 2.45) is 0 Å². The molecule has 3 N–H and O–H groups in total. The van der Waals surface area contributed by atoms with E-state index >= 15 is 0 Å². The van der Waals surface area contributed by atoms with Crippen LogP contribution in [0.1, 0.15) is 21.5 Å². The Morgan fingerprint density at radius 3 is 2.14 bits per heavy atom. The van der Waals surface area contributed by atoms with Crippen molar-refractivity contribution in [3.05, 3.63) is 95.3 Å². The van der Waals surface area contributed by atoms with Gasteiger partial charge in [0.15, 0.2) is 0 Å². The normalized spacial score (nSPS) is 10.3. The minimum Gasteiger partial charge on any atom is -0.348 e. The van der Waals surface area contributed by atoms with E-state index in [0.29, 0.717) is 17.8 Å². The van der Waals surface area contributed by atoms with Crippen LogP contribution in [0.15, 0.2) is 67.0 Å². The first-order valence-electron chi connectivity index (χ1n) is 8.78. The van der Waals surface area contributed by atoms with Crippen molar-refractivity contribution in [1.29, 1.82) is 0 Å². The average molecular weight is 396 g/mol. The lowest BCUT2D eigenvalue weighted by Crippen LogP contribution is -2.28. The molecule has 1 heterocycles. The van der Waals surface area contributed by atoms with Crippen LogP contribution in [-0.2, 0) is 13.1 Å². The summed E-state index contributed by atoms with van der Waals surface area (Å²) >= 11 is 0. The largest absolute Gasteiger partial charge is 0.348 e. The summed E-state index contributed by atoms with van der Waals surface area (Å²) in [5.41, 5.74) is 1.50. The summed E-state index contributed by atoms with van der Waals surface area (Å²) in [6.07, 6.45) is 3.28. The predicted octanol–water partition coefficient (Wildman–Crippen LogP) is 3.61. The van der Waals surface area contributed by atoms with Gasteiger partial charge in [-0.25, -0.2) is 13.6 Å². The molecule has 3 rings (SSSR count). The number of pyridine rings is 1. The molecular formula is C21H18F2N4O2. The topological polar surface area (TPSA) is 83.1 Å². The van der Waals surface area contributed by atoms with Crippen LogP contribution < -0.4 is 16.0 Å². The van der Waals surface area contributed by atoms with Crippen molar-refractivity contribution in [3.63, 3.8) is 0 Å². The van der Waals surface area contributed by atoms with Crippen LogP contribution in [0.3, 0.4) is 0 Å². The Bertz CT molecular complexity index is 975. The summed E-state index contributed by atoms with van der Waals surface area (Å²) in [6, 6.07) is 12.8. The van der Waals surface area contributed by atoms with Gasteiger partial charge in [-0.05, 0) is 54.1 Å². The van der Waals surface area contributed by atoms with Crippen LogP contribution in [0.25, 0.3) is 0 Å². The van der Waals surface area contributed by atoms with Gasteiger partial charge < -0.3 is 16.0 Å².